The van der Waals surface area contributed by atoms with Crippen molar-refractivity contribution in [2.75, 3.05) is 12.3 Å². The molecule has 4 heteroatoms. The fraction of sp³-hybridized carbons (Fsp3) is 0.273. The highest BCUT2D eigenvalue weighted by Crippen LogP contribution is 2.29. The van der Waals surface area contributed by atoms with Crippen LogP contribution in [0.25, 0.3) is 0 Å². The molecule has 0 amide bonds. The van der Waals surface area contributed by atoms with Crippen LogP contribution in [0.4, 0.5) is 5.69 Å². The Morgan fingerprint density at radius 2 is 2.27 bits per heavy atom. The largest absolute Gasteiger partial charge is 0.492 e. The highest BCUT2D eigenvalue weighted by atomic mass is 16.5. The Morgan fingerprint density at radius 1 is 1.60 bits per heavy atom. The summed E-state index contributed by atoms with van der Waals surface area (Å²) in [6.07, 6.45) is 0. The van der Waals surface area contributed by atoms with Crippen LogP contribution in [-0.4, -0.2) is 12.4 Å². The predicted molar refractivity (Wildman–Crippen MR) is 56.7 cm³/mol. The van der Waals surface area contributed by atoms with Crippen LogP contribution < -0.4 is 10.5 Å². The Hall–Kier alpha value is -2.02. The van der Waals surface area contributed by atoms with Gasteiger partial charge in [-0.2, -0.15) is 5.26 Å². The SMILES string of the molecule is CCOc1c(C#N)ccc(N)c1C(C)=O. The van der Waals surface area contributed by atoms with E-state index in [-0.39, 0.29) is 17.1 Å². The van der Waals surface area contributed by atoms with Gasteiger partial charge in [0, 0.05) is 5.69 Å². The number of carbonyl (C=O) groups is 1. The Balaban J connectivity index is 3.45. The second-order valence-electron chi connectivity index (χ2n) is 3.01. The van der Waals surface area contributed by atoms with Gasteiger partial charge in [0.1, 0.15) is 11.8 Å². The molecule has 4 nitrogen and oxygen atoms in total. The van der Waals surface area contributed by atoms with Gasteiger partial charge < -0.3 is 10.5 Å². The van der Waals surface area contributed by atoms with Crippen molar-refractivity contribution >= 4 is 11.5 Å². The third kappa shape index (κ3) is 2.08. The number of nitrogens with zero attached hydrogens (tertiary/aromatic N) is 1. The summed E-state index contributed by atoms with van der Waals surface area (Å²) in [5.41, 5.74) is 6.62. The number of benzene rings is 1. The normalized spacial score (nSPS) is 9.40. The van der Waals surface area contributed by atoms with E-state index in [1.165, 1.54) is 13.0 Å². The molecular formula is C11H12N2O2. The number of hydrogen-bond acceptors (Lipinski definition) is 4. The van der Waals surface area contributed by atoms with E-state index in [1.54, 1.807) is 13.0 Å². The maximum atomic E-state index is 11.4. The summed E-state index contributed by atoms with van der Waals surface area (Å²) in [5.74, 6) is 0.0838. The van der Waals surface area contributed by atoms with Crippen molar-refractivity contribution in [3.63, 3.8) is 0 Å². The maximum absolute atomic E-state index is 11.4. The molecular weight excluding hydrogens is 192 g/mol. The topological polar surface area (TPSA) is 76.1 Å². The standard InChI is InChI=1S/C11H12N2O2/c1-3-15-11-8(6-12)4-5-9(13)10(11)7(2)14/h4-5H,3,13H2,1-2H3. The van der Waals surface area contributed by atoms with Crippen LogP contribution in [0.3, 0.4) is 0 Å². The van der Waals surface area contributed by atoms with Gasteiger partial charge in [-0.05, 0) is 26.0 Å². The van der Waals surface area contributed by atoms with Crippen LogP contribution in [-0.2, 0) is 0 Å². The third-order valence-corrected chi connectivity index (χ3v) is 1.95. The summed E-state index contributed by atoms with van der Waals surface area (Å²) >= 11 is 0. The molecule has 1 rings (SSSR count). The number of ketones is 1. The van der Waals surface area contributed by atoms with E-state index in [2.05, 4.69) is 0 Å². The number of hydrogen-bond donors (Lipinski definition) is 1. The fourth-order valence-corrected chi connectivity index (χ4v) is 1.34. The lowest BCUT2D eigenvalue weighted by Crippen LogP contribution is -2.06. The van der Waals surface area contributed by atoms with Crippen molar-refractivity contribution in [3.05, 3.63) is 23.3 Å². The van der Waals surface area contributed by atoms with Crippen molar-refractivity contribution in [2.24, 2.45) is 0 Å². The Labute approximate surface area is 88.3 Å². The Kier molecular flexibility index (Phi) is 3.29. The molecule has 0 saturated carbocycles. The van der Waals surface area contributed by atoms with Gasteiger partial charge in [-0.3, -0.25) is 4.79 Å². The summed E-state index contributed by atoms with van der Waals surface area (Å²) in [4.78, 5) is 11.4. The molecule has 0 saturated heterocycles. The van der Waals surface area contributed by atoms with E-state index in [0.717, 1.165) is 0 Å². The van der Waals surface area contributed by atoms with Gasteiger partial charge in [0.2, 0.25) is 0 Å². The van der Waals surface area contributed by atoms with Crippen LogP contribution in [0.1, 0.15) is 29.8 Å². The van der Waals surface area contributed by atoms with Gasteiger partial charge in [0.25, 0.3) is 0 Å². The molecule has 0 aliphatic carbocycles. The van der Waals surface area contributed by atoms with E-state index in [1.807, 2.05) is 6.07 Å². The van der Waals surface area contributed by atoms with Crippen molar-refractivity contribution in [1.82, 2.24) is 0 Å². The number of nitrogens with two attached hydrogens (primary N) is 1. The quantitative estimate of drug-likeness (QED) is 0.601. The first-order valence-electron chi connectivity index (χ1n) is 4.58. The van der Waals surface area contributed by atoms with Gasteiger partial charge >= 0.3 is 0 Å². The zero-order valence-corrected chi connectivity index (χ0v) is 8.70. The van der Waals surface area contributed by atoms with E-state index in [0.29, 0.717) is 17.9 Å². The average molecular weight is 204 g/mol. The first-order valence-corrected chi connectivity index (χ1v) is 4.58. The molecule has 0 aromatic heterocycles. The van der Waals surface area contributed by atoms with E-state index in [4.69, 9.17) is 15.7 Å². The minimum absolute atomic E-state index is 0.201. The van der Waals surface area contributed by atoms with Crippen molar-refractivity contribution < 1.29 is 9.53 Å². The number of carbonyl (C=O) groups excluding carboxylic acids is 1. The first kappa shape index (κ1) is 11.1. The molecule has 78 valence electrons. The summed E-state index contributed by atoms with van der Waals surface area (Å²) in [6.45, 7) is 3.57. The van der Waals surface area contributed by atoms with E-state index in [9.17, 15) is 4.79 Å². The molecule has 15 heavy (non-hydrogen) atoms. The molecule has 0 spiro atoms. The molecule has 0 bridgehead atoms. The van der Waals surface area contributed by atoms with Crippen LogP contribution in [0.2, 0.25) is 0 Å². The van der Waals surface area contributed by atoms with Crippen molar-refractivity contribution in [1.29, 1.82) is 5.26 Å². The Bertz CT molecular complexity index is 433. The average Bonchev–Trinajstić information content (AvgIpc) is 2.18. The highest BCUT2D eigenvalue weighted by molar-refractivity contribution is 6.02. The molecule has 1 aromatic carbocycles. The molecule has 0 aliphatic rings. The van der Waals surface area contributed by atoms with Crippen LogP contribution in [0, 0.1) is 11.3 Å². The number of anilines is 1. The summed E-state index contributed by atoms with van der Waals surface area (Å²) < 4.78 is 5.28. The number of Topliss-reactive ketones (excluding diaryl/α,β-unsaturated/α-hetero) is 1. The van der Waals surface area contributed by atoms with Gasteiger partial charge in [-0.15, -0.1) is 0 Å². The predicted octanol–water partition coefficient (Wildman–Crippen LogP) is 1.74. The molecule has 2 N–H and O–H groups in total. The lowest BCUT2D eigenvalue weighted by Gasteiger charge is -2.11. The summed E-state index contributed by atoms with van der Waals surface area (Å²) in [6, 6.07) is 5.06. The lowest BCUT2D eigenvalue weighted by atomic mass is 10.0. The summed E-state index contributed by atoms with van der Waals surface area (Å²) in [7, 11) is 0. The molecule has 0 aliphatic heterocycles. The first-order chi connectivity index (χ1) is 7.11. The number of nitriles is 1. The number of rotatable bonds is 3. The second kappa shape index (κ2) is 4.47. The zero-order valence-electron chi connectivity index (χ0n) is 8.70. The van der Waals surface area contributed by atoms with Gasteiger partial charge in [-0.1, -0.05) is 0 Å². The maximum Gasteiger partial charge on any atom is 0.165 e. The van der Waals surface area contributed by atoms with Crippen LogP contribution >= 0.6 is 0 Å². The van der Waals surface area contributed by atoms with Gasteiger partial charge in [0.15, 0.2) is 5.78 Å². The van der Waals surface area contributed by atoms with Gasteiger partial charge in [-0.25, -0.2) is 0 Å². The monoisotopic (exact) mass is 204 g/mol. The number of ether oxygens (including phenoxy) is 1. The second-order valence-corrected chi connectivity index (χ2v) is 3.01. The molecule has 0 fully saturated rings. The van der Waals surface area contributed by atoms with Crippen molar-refractivity contribution in [3.8, 4) is 11.8 Å². The fourth-order valence-electron chi connectivity index (χ4n) is 1.34. The smallest absolute Gasteiger partial charge is 0.165 e. The van der Waals surface area contributed by atoms with Crippen molar-refractivity contribution in [2.45, 2.75) is 13.8 Å². The minimum atomic E-state index is -0.201. The zero-order chi connectivity index (χ0) is 11.4. The molecule has 0 unspecified atom stereocenters. The minimum Gasteiger partial charge on any atom is -0.492 e. The highest BCUT2D eigenvalue weighted by Gasteiger charge is 2.16. The molecule has 0 atom stereocenters. The molecule has 0 radical (unpaired) electrons. The molecule has 0 heterocycles. The summed E-state index contributed by atoms with van der Waals surface area (Å²) in [5, 5.41) is 8.86. The van der Waals surface area contributed by atoms with Crippen LogP contribution in [0.15, 0.2) is 12.1 Å². The Morgan fingerprint density at radius 3 is 2.73 bits per heavy atom. The van der Waals surface area contributed by atoms with Crippen LogP contribution in [0.5, 0.6) is 5.75 Å². The lowest BCUT2D eigenvalue weighted by molar-refractivity contribution is 0.101. The van der Waals surface area contributed by atoms with E-state index < -0.39 is 0 Å². The third-order valence-electron chi connectivity index (χ3n) is 1.95. The van der Waals surface area contributed by atoms with Gasteiger partial charge in [0.05, 0.1) is 17.7 Å². The van der Waals surface area contributed by atoms with E-state index >= 15 is 0 Å². The molecule has 1 aromatic rings. The number of nitrogen functional groups attached to an aromatic ring is 1.